The third-order valence-electron chi connectivity index (χ3n) is 4.19. The molecule has 1 unspecified atom stereocenters. The molecule has 3 rings (SSSR count). The second-order valence-electron chi connectivity index (χ2n) is 5.58. The first-order valence-electron chi connectivity index (χ1n) is 7.35. The number of nitrogens with zero attached hydrogens (tertiary/aromatic N) is 2. The van der Waals surface area contributed by atoms with Crippen LogP contribution in [0.15, 0.2) is 36.4 Å². The number of ether oxygens (including phenoxy) is 1. The molecule has 1 aliphatic rings. The lowest BCUT2D eigenvalue weighted by atomic mass is 10.1. The number of aryl methyl sites for hydroxylation is 1. The molecule has 0 saturated carbocycles. The fraction of sp³-hybridized carbons (Fsp3) is 0.353. The highest BCUT2D eigenvalue weighted by Crippen LogP contribution is 2.23. The standard InChI is InChI=1S/C17H19FN2O2/c1-12-3-8-15(19(12)2)17(21)20-9-10-22-16(11-20)13-4-6-14(18)7-5-13/h3-8,16H,9-11H2,1-2H3. The molecule has 1 fully saturated rings. The van der Waals surface area contributed by atoms with Gasteiger partial charge in [0.25, 0.3) is 5.91 Å². The highest BCUT2D eigenvalue weighted by molar-refractivity contribution is 5.93. The summed E-state index contributed by atoms with van der Waals surface area (Å²) in [6.07, 6.45) is -0.209. The van der Waals surface area contributed by atoms with Crippen molar-refractivity contribution in [1.29, 1.82) is 0 Å². The van der Waals surface area contributed by atoms with E-state index in [1.165, 1.54) is 12.1 Å². The fourth-order valence-corrected chi connectivity index (χ4v) is 2.70. The van der Waals surface area contributed by atoms with Gasteiger partial charge in [-0.05, 0) is 36.8 Å². The van der Waals surface area contributed by atoms with Crippen molar-refractivity contribution in [2.24, 2.45) is 7.05 Å². The minimum absolute atomic E-state index is 0.00557. The van der Waals surface area contributed by atoms with Gasteiger partial charge in [0, 0.05) is 19.3 Å². The molecule has 4 nitrogen and oxygen atoms in total. The maximum absolute atomic E-state index is 13.0. The minimum Gasteiger partial charge on any atom is -0.370 e. The van der Waals surface area contributed by atoms with E-state index in [9.17, 15) is 9.18 Å². The van der Waals surface area contributed by atoms with Gasteiger partial charge in [-0.25, -0.2) is 4.39 Å². The Morgan fingerprint density at radius 2 is 1.95 bits per heavy atom. The van der Waals surface area contributed by atoms with Gasteiger partial charge in [0.15, 0.2) is 0 Å². The maximum atomic E-state index is 13.0. The molecule has 0 spiro atoms. The first-order chi connectivity index (χ1) is 10.6. The molecule has 0 bridgehead atoms. The van der Waals surface area contributed by atoms with Crippen LogP contribution < -0.4 is 0 Å². The molecular formula is C17H19FN2O2. The average molecular weight is 302 g/mol. The second-order valence-corrected chi connectivity index (χ2v) is 5.58. The number of benzene rings is 1. The van der Waals surface area contributed by atoms with E-state index >= 15 is 0 Å². The molecule has 116 valence electrons. The molecule has 1 amide bonds. The van der Waals surface area contributed by atoms with E-state index in [1.54, 1.807) is 17.0 Å². The summed E-state index contributed by atoms with van der Waals surface area (Å²) in [5, 5.41) is 0. The van der Waals surface area contributed by atoms with Crippen molar-refractivity contribution < 1.29 is 13.9 Å². The van der Waals surface area contributed by atoms with Crippen LogP contribution in [0.4, 0.5) is 4.39 Å². The number of carbonyl (C=O) groups excluding carboxylic acids is 1. The van der Waals surface area contributed by atoms with Crippen molar-refractivity contribution in [3.8, 4) is 0 Å². The van der Waals surface area contributed by atoms with E-state index in [1.807, 2.05) is 30.7 Å². The number of hydrogen-bond acceptors (Lipinski definition) is 2. The largest absolute Gasteiger partial charge is 0.370 e. The van der Waals surface area contributed by atoms with Gasteiger partial charge < -0.3 is 14.2 Å². The molecule has 1 saturated heterocycles. The minimum atomic E-state index is -0.272. The molecule has 1 aliphatic heterocycles. The Balaban J connectivity index is 1.76. The Morgan fingerprint density at radius 1 is 1.23 bits per heavy atom. The summed E-state index contributed by atoms with van der Waals surface area (Å²) in [4.78, 5) is 14.5. The van der Waals surface area contributed by atoms with E-state index in [0.717, 1.165) is 11.3 Å². The summed E-state index contributed by atoms with van der Waals surface area (Å²) in [6.45, 7) is 3.50. The normalized spacial score (nSPS) is 18.5. The number of carbonyl (C=O) groups is 1. The topological polar surface area (TPSA) is 34.5 Å². The molecule has 1 aromatic carbocycles. The van der Waals surface area contributed by atoms with E-state index in [2.05, 4.69) is 0 Å². The molecule has 1 atom stereocenters. The fourth-order valence-electron chi connectivity index (χ4n) is 2.70. The summed E-state index contributed by atoms with van der Waals surface area (Å²) < 4.78 is 20.6. The maximum Gasteiger partial charge on any atom is 0.270 e. The molecule has 5 heteroatoms. The summed E-state index contributed by atoms with van der Waals surface area (Å²) in [5.74, 6) is -0.266. The Morgan fingerprint density at radius 3 is 2.59 bits per heavy atom. The summed E-state index contributed by atoms with van der Waals surface area (Å²) in [7, 11) is 1.89. The van der Waals surface area contributed by atoms with Crippen molar-refractivity contribution in [3.05, 3.63) is 59.2 Å². The molecule has 2 heterocycles. The monoisotopic (exact) mass is 302 g/mol. The number of morpholine rings is 1. The zero-order valence-electron chi connectivity index (χ0n) is 12.8. The number of amides is 1. The molecule has 1 aromatic heterocycles. The third-order valence-corrected chi connectivity index (χ3v) is 4.19. The molecule has 2 aromatic rings. The Labute approximate surface area is 129 Å². The Bertz CT molecular complexity index is 678. The van der Waals surface area contributed by atoms with Gasteiger partial charge >= 0.3 is 0 Å². The van der Waals surface area contributed by atoms with E-state index in [-0.39, 0.29) is 17.8 Å². The average Bonchev–Trinajstić information content (AvgIpc) is 2.87. The van der Waals surface area contributed by atoms with Crippen molar-refractivity contribution in [1.82, 2.24) is 9.47 Å². The number of halogens is 1. The van der Waals surface area contributed by atoms with Gasteiger partial charge in [-0.3, -0.25) is 4.79 Å². The quantitative estimate of drug-likeness (QED) is 0.855. The summed E-state index contributed by atoms with van der Waals surface area (Å²) >= 11 is 0. The molecule has 22 heavy (non-hydrogen) atoms. The number of hydrogen-bond donors (Lipinski definition) is 0. The van der Waals surface area contributed by atoms with Crippen LogP contribution in [0, 0.1) is 12.7 Å². The van der Waals surface area contributed by atoms with Crippen LogP contribution >= 0.6 is 0 Å². The summed E-state index contributed by atoms with van der Waals surface area (Å²) in [6, 6.07) is 10.0. The number of aromatic nitrogens is 1. The van der Waals surface area contributed by atoms with Crippen LogP contribution in [0.25, 0.3) is 0 Å². The van der Waals surface area contributed by atoms with Gasteiger partial charge in [0.2, 0.25) is 0 Å². The lowest BCUT2D eigenvalue weighted by Gasteiger charge is -2.33. The van der Waals surface area contributed by atoms with E-state index in [0.29, 0.717) is 25.4 Å². The van der Waals surface area contributed by atoms with Gasteiger partial charge in [0.05, 0.1) is 13.2 Å². The first kappa shape index (κ1) is 14.8. The Kier molecular flexibility index (Phi) is 3.98. The SMILES string of the molecule is Cc1ccc(C(=O)N2CCOC(c3ccc(F)cc3)C2)n1C. The lowest BCUT2D eigenvalue weighted by molar-refractivity contribution is -0.0231. The third kappa shape index (κ3) is 2.76. The van der Waals surface area contributed by atoms with Crippen molar-refractivity contribution in [2.75, 3.05) is 19.7 Å². The van der Waals surface area contributed by atoms with Crippen molar-refractivity contribution in [2.45, 2.75) is 13.0 Å². The van der Waals surface area contributed by atoms with Crippen LogP contribution in [0.2, 0.25) is 0 Å². The Hall–Kier alpha value is -2.14. The van der Waals surface area contributed by atoms with Gasteiger partial charge in [-0.2, -0.15) is 0 Å². The van der Waals surface area contributed by atoms with Crippen LogP contribution in [0.3, 0.4) is 0 Å². The predicted molar refractivity (Wildman–Crippen MR) is 81.1 cm³/mol. The van der Waals surface area contributed by atoms with Gasteiger partial charge in [-0.15, -0.1) is 0 Å². The lowest BCUT2D eigenvalue weighted by Crippen LogP contribution is -2.42. The second kappa shape index (κ2) is 5.93. The van der Waals surface area contributed by atoms with Gasteiger partial charge in [-0.1, -0.05) is 12.1 Å². The summed E-state index contributed by atoms with van der Waals surface area (Å²) in [5.41, 5.74) is 2.62. The molecular weight excluding hydrogens is 283 g/mol. The zero-order valence-corrected chi connectivity index (χ0v) is 12.8. The highest BCUT2D eigenvalue weighted by Gasteiger charge is 2.27. The first-order valence-corrected chi connectivity index (χ1v) is 7.35. The van der Waals surface area contributed by atoms with Gasteiger partial charge in [0.1, 0.15) is 17.6 Å². The van der Waals surface area contributed by atoms with Crippen LogP contribution in [-0.2, 0) is 11.8 Å². The van der Waals surface area contributed by atoms with Crippen LogP contribution in [0.1, 0.15) is 27.8 Å². The van der Waals surface area contributed by atoms with Crippen LogP contribution in [-0.4, -0.2) is 35.1 Å². The smallest absolute Gasteiger partial charge is 0.270 e. The zero-order chi connectivity index (χ0) is 15.7. The van der Waals surface area contributed by atoms with Crippen LogP contribution in [0.5, 0.6) is 0 Å². The predicted octanol–water partition coefficient (Wildman–Crippen LogP) is 2.69. The number of rotatable bonds is 2. The highest BCUT2D eigenvalue weighted by atomic mass is 19.1. The van der Waals surface area contributed by atoms with E-state index in [4.69, 9.17) is 4.74 Å². The molecule has 0 N–H and O–H groups in total. The molecule has 0 aliphatic carbocycles. The van der Waals surface area contributed by atoms with E-state index < -0.39 is 0 Å². The molecule has 0 radical (unpaired) electrons. The van der Waals surface area contributed by atoms with Crippen molar-refractivity contribution >= 4 is 5.91 Å². The van der Waals surface area contributed by atoms with Crippen molar-refractivity contribution in [3.63, 3.8) is 0 Å².